The molecule has 0 aromatic rings. The molecule has 0 aromatic carbocycles. The van der Waals surface area contributed by atoms with Crippen LogP contribution in [0, 0.1) is 17.8 Å². The van der Waals surface area contributed by atoms with Gasteiger partial charge in [-0.3, -0.25) is 4.79 Å². The van der Waals surface area contributed by atoms with Crippen LogP contribution in [0.2, 0.25) is 0 Å². The minimum Gasteiger partial charge on any atom is -0.459 e. The first-order valence-electron chi connectivity index (χ1n) is 20.0. The van der Waals surface area contributed by atoms with Gasteiger partial charge in [0.25, 0.3) is 0 Å². The zero-order chi connectivity index (χ0) is 38.7. The third-order valence-corrected chi connectivity index (χ3v) is 11.5. The fourth-order valence-electron chi connectivity index (χ4n) is 8.14. The van der Waals surface area contributed by atoms with Crippen LogP contribution in [0.5, 0.6) is 0 Å². The number of aliphatic hydroxyl groups excluding tert-OH is 3. The number of rotatable bonds is 14. The Morgan fingerprint density at radius 1 is 0.961 bits per heavy atom. The van der Waals surface area contributed by atoms with Crippen LogP contribution < -0.4 is 5.32 Å². The predicted molar refractivity (Wildman–Crippen MR) is 200 cm³/mol. The number of nitrogens with zero attached hydrogens (tertiary/aromatic N) is 2. The molecule has 302 valence electrons. The van der Waals surface area contributed by atoms with Gasteiger partial charge in [-0.25, -0.2) is 0 Å². The Morgan fingerprint density at radius 2 is 1.55 bits per heavy atom. The van der Waals surface area contributed by atoms with E-state index in [2.05, 4.69) is 24.1 Å². The Morgan fingerprint density at radius 3 is 2.12 bits per heavy atom. The van der Waals surface area contributed by atoms with E-state index in [0.717, 1.165) is 51.7 Å². The number of aliphatic hydroxyl groups is 5. The second-order valence-electron chi connectivity index (χ2n) is 16.5. The van der Waals surface area contributed by atoms with Crippen LogP contribution in [0.3, 0.4) is 0 Å². The number of likely N-dealkylation sites (N-methyl/N-ethyl adjacent to an activating group) is 1. The van der Waals surface area contributed by atoms with E-state index >= 15 is 0 Å². The van der Waals surface area contributed by atoms with Gasteiger partial charge in [0.15, 0.2) is 6.29 Å². The highest BCUT2D eigenvalue weighted by Crippen LogP contribution is 2.36. The number of carbonyl (C=O) groups is 1. The third kappa shape index (κ3) is 13.1. The summed E-state index contributed by atoms with van der Waals surface area (Å²) in [5.74, 6) is -2.63. The smallest absolute Gasteiger partial charge is 0.311 e. The van der Waals surface area contributed by atoms with Gasteiger partial charge >= 0.3 is 5.97 Å². The van der Waals surface area contributed by atoms with Gasteiger partial charge in [0.2, 0.25) is 0 Å². The quantitative estimate of drug-likeness (QED) is 0.114. The van der Waals surface area contributed by atoms with Crippen molar-refractivity contribution < 1.29 is 44.5 Å². The number of carbonyl (C=O) groups excluding carboxylic acids is 1. The number of hydrogen-bond acceptors (Lipinski definition) is 12. The number of esters is 1. The van der Waals surface area contributed by atoms with Crippen molar-refractivity contribution in [3.8, 4) is 0 Å². The van der Waals surface area contributed by atoms with Gasteiger partial charge in [-0.05, 0) is 106 Å². The van der Waals surface area contributed by atoms with E-state index in [9.17, 15) is 30.3 Å². The average Bonchev–Trinajstić information content (AvgIpc) is 3.06. The van der Waals surface area contributed by atoms with E-state index in [1.54, 1.807) is 27.7 Å². The van der Waals surface area contributed by atoms with E-state index in [4.69, 9.17) is 14.2 Å². The second-order valence-corrected chi connectivity index (χ2v) is 16.5. The molecule has 2 heterocycles. The van der Waals surface area contributed by atoms with Gasteiger partial charge in [0, 0.05) is 24.9 Å². The van der Waals surface area contributed by atoms with E-state index in [1.165, 1.54) is 6.92 Å². The summed E-state index contributed by atoms with van der Waals surface area (Å²) in [5, 5.41) is 61.5. The summed E-state index contributed by atoms with van der Waals surface area (Å²) in [6.45, 7) is 22.6. The molecule has 2 saturated heterocycles. The van der Waals surface area contributed by atoms with Gasteiger partial charge in [-0.15, -0.1) is 0 Å². The van der Waals surface area contributed by atoms with Crippen LogP contribution in [-0.4, -0.2) is 147 Å². The average molecular weight is 732 g/mol. The first kappa shape index (κ1) is 46.2. The van der Waals surface area contributed by atoms with Crippen molar-refractivity contribution >= 4 is 5.97 Å². The minimum atomic E-state index is -1.75. The molecular formula is C39H77N3O9. The number of hydrogen-bond donors (Lipinski definition) is 6. The fourth-order valence-corrected chi connectivity index (χ4v) is 8.14. The largest absolute Gasteiger partial charge is 0.459 e. The van der Waals surface area contributed by atoms with Gasteiger partial charge in [0.05, 0.1) is 42.0 Å². The van der Waals surface area contributed by atoms with Gasteiger partial charge in [0.1, 0.15) is 17.8 Å². The minimum absolute atomic E-state index is 0.100. The normalized spacial score (nSPS) is 41.2. The molecule has 2 aliphatic rings. The standard InChI is InChI=1S/C39H77N3O9/c1-12-15-19-42(20-16-13-2)21-17-18-40-32-30(43)22-26(5)49-37(32)51-35-27(6)33(44)28(7)36(46)50-31(14-3)39(10,48)34(45)29(8)41(11)24-25(4)23-38(35,9)47/h25-35,37,40,43-45,47-48H,12-24H2,1-11H3/t25-,26-,27+,28-,29-,30?,31-,32?,33+,34-,35-,37+,38-,39-/m1/s1. The first-order chi connectivity index (χ1) is 23.8. The summed E-state index contributed by atoms with van der Waals surface area (Å²) in [5.41, 5.74) is -3.25. The summed E-state index contributed by atoms with van der Waals surface area (Å²) in [7, 11) is 1.85. The maximum absolute atomic E-state index is 13.5. The van der Waals surface area contributed by atoms with Crippen molar-refractivity contribution in [1.82, 2.24) is 15.1 Å². The Hall–Kier alpha value is -0.930. The molecule has 0 aromatic heterocycles. The first-order valence-corrected chi connectivity index (χ1v) is 20.0. The summed E-state index contributed by atoms with van der Waals surface area (Å²) in [6.07, 6.45) is -0.0734. The van der Waals surface area contributed by atoms with Crippen molar-refractivity contribution in [2.24, 2.45) is 17.8 Å². The molecular weight excluding hydrogens is 654 g/mol. The molecule has 12 heteroatoms. The molecule has 0 radical (unpaired) electrons. The molecule has 2 rings (SSSR count). The Kier molecular flexibility index (Phi) is 19.2. The van der Waals surface area contributed by atoms with Gasteiger partial charge in [-0.2, -0.15) is 0 Å². The SMILES string of the molecule is CCCCN(CCCC)CCCNC1C(O)C[C@@H](C)O[C@H]1O[C@@H]1[C@@H](C)[C@H](O)[C@@H](C)C(=O)O[C@H](CC)[C@@](C)(O)[C@H](O)[C@@H](C)N(C)C[C@H](C)C[C@@]1(C)O. The highest BCUT2D eigenvalue weighted by molar-refractivity contribution is 5.73. The Bertz CT molecular complexity index is 995. The van der Waals surface area contributed by atoms with Crippen LogP contribution in [0.1, 0.15) is 121 Å². The topological polar surface area (TPSA) is 164 Å². The number of cyclic esters (lactones) is 1. The van der Waals surface area contributed by atoms with Crippen molar-refractivity contribution in [2.75, 3.05) is 39.8 Å². The lowest BCUT2D eigenvalue weighted by atomic mass is 9.78. The lowest BCUT2D eigenvalue weighted by Crippen LogP contribution is -2.60. The zero-order valence-corrected chi connectivity index (χ0v) is 33.9. The molecule has 0 spiro atoms. The Labute approximate surface area is 309 Å². The molecule has 12 nitrogen and oxygen atoms in total. The monoisotopic (exact) mass is 732 g/mol. The molecule has 2 aliphatic heterocycles. The maximum Gasteiger partial charge on any atom is 0.311 e. The van der Waals surface area contributed by atoms with E-state index in [1.807, 2.05) is 32.7 Å². The molecule has 51 heavy (non-hydrogen) atoms. The number of ether oxygens (including phenoxy) is 3. The van der Waals surface area contributed by atoms with Crippen molar-refractivity contribution in [2.45, 2.75) is 187 Å². The summed E-state index contributed by atoms with van der Waals surface area (Å²) in [4.78, 5) is 18.0. The van der Waals surface area contributed by atoms with Crippen LogP contribution in [0.4, 0.5) is 0 Å². The highest BCUT2D eigenvalue weighted by Gasteiger charge is 2.49. The van der Waals surface area contributed by atoms with Crippen molar-refractivity contribution in [3.63, 3.8) is 0 Å². The zero-order valence-electron chi connectivity index (χ0n) is 33.9. The highest BCUT2D eigenvalue weighted by atomic mass is 16.7. The third-order valence-electron chi connectivity index (χ3n) is 11.5. The molecule has 0 aliphatic carbocycles. The Balaban J connectivity index is 2.40. The molecule has 0 amide bonds. The van der Waals surface area contributed by atoms with Crippen LogP contribution in [-0.2, 0) is 19.0 Å². The molecule has 6 N–H and O–H groups in total. The van der Waals surface area contributed by atoms with E-state index in [-0.39, 0.29) is 24.9 Å². The lowest BCUT2D eigenvalue weighted by Gasteiger charge is -2.46. The van der Waals surface area contributed by atoms with Gasteiger partial charge in [-0.1, -0.05) is 47.5 Å². The van der Waals surface area contributed by atoms with Gasteiger partial charge < -0.3 is 54.9 Å². The molecule has 2 unspecified atom stereocenters. The maximum atomic E-state index is 13.5. The van der Waals surface area contributed by atoms with Crippen LogP contribution >= 0.6 is 0 Å². The summed E-state index contributed by atoms with van der Waals surface area (Å²) < 4.78 is 18.8. The van der Waals surface area contributed by atoms with Crippen LogP contribution in [0.15, 0.2) is 0 Å². The molecule has 2 fully saturated rings. The summed E-state index contributed by atoms with van der Waals surface area (Å²) in [6, 6.07) is -1.08. The fraction of sp³-hybridized carbons (Fsp3) is 0.974. The predicted octanol–water partition coefficient (Wildman–Crippen LogP) is 3.30. The van der Waals surface area contributed by atoms with Crippen LogP contribution in [0.25, 0.3) is 0 Å². The molecule has 0 saturated carbocycles. The van der Waals surface area contributed by atoms with E-state index in [0.29, 0.717) is 19.5 Å². The van der Waals surface area contributed by atoms with E-state index < -0.39 is 77.9 Å². The number of unbranched alkanes of at least 4 members (excludes halogenated alkanes) is 2. The molecule has 14 atom stereocenters. The number of nitrogens with one attached hydrogen (secondary N) is 1. The summed E-state index contributed by atoms with van der Waals surface area (Å²) >= 11 is 0. The van der Waals surface area contributed by atoms with Crippen molar-refractivity contribution in [1.29, 1.82) is 0 Å². The lowest BCUT2D eigenvalue weighted by molar-refractivity contribution is -0.282. The second kappa shape index (κ2) is 21.2. The molecule has 0 bridgehead atoms. The van der Waals surface area contributed by atoms with Crippen molar-refractivity contribution in [3.05, 3.63) is 0 Å².